The van der Waals surface area contributed by atoms with E-state index in [9.17, 15) is 9.90 Å². The van der Waals surface area contributed by atoms with Gasteiger partial charge in [-0.25, -0.2) is 4.99 Å². The molecule has 0 fully saturated rings. The predicted molar refractivity (Wildman–Crippen MR) is 97.1 cm³/mol. The van der Waals surface area contributed by atoms with Gasteiger partial charge in [-0.15, -0.1) is 11.3 Å². The van der Waals surface area contributed by atoms with Crippen molar-refractivity contribution in [2.75, 3.05) is 0 Å². The van der Waals surface area contributed by atoms with Gasteiger partial charge < -0.3 is 10.8 Å². The van der Waals surface area contributed by atoms with E-state index < -0.39 is 5.91 Å². The highest BCUT2D eigenvalue weighted by molar-refractivity contribution is 9.10. The molecule has 2 aromatic rings. The average molecular weight is 393 g/mol. The number of nitrogens with zero attached hydrogens (tertiary/aromatic N) is 1. The van der Waals surface area contributed by atoms with Gasteiger partial charge in [0.1, 0.15) is 10.8 Å². The van der Waals surface area contributed by atoms with Crippen LogP contribution in [0.5, 0.6) is 5.75 Å². The largest absolute Gasteiger partial charge is 0.507 e. The summed E-state index contributed by atoms with van der Waals surface area (Å²) in [5.74, 6) is 0.336. The van der Waals surface area contributed by atoms with E-state index >= 15 is 0 Å². The zero-order chi connectivity index (χ0) is 16.6. The van der Waals surface area contributed by atoms with Crippen LogP contribution in [0.3, 0.4) is 0 Å². The smallest absolute Gasteiger partial charge is 0.252 e. The van der Waals surface area contributed by atoms with Crippen LogP contribution < -0.4 is 5.73 Å². The van der Waals surface area contributed by atoms with Crippen LogP contribution in [0.2, 0.25) is 0 Å². The van der Waals surface area contributed by atoms with Crippen LogP contribution in [0.1, 0.15) is 39.7 Å². The number of carbonyl (C=O) groups is 1. The first-order valence-electron chi connectivity index (χ1n) is 7.42. The number of benzene rings is 1. The van der Waals surface area contributed by atoms with Crippen LogP contribution in [0.25, 0.3) is 0 Å². The van der Waals surface area contributed by atoms with Gasteiger partial charge in [0.2, 0.25) is 0 Å². The number of primary amides is 1. The molecule has 0 saturated heterocycles. The number of aromatic hydroxyl groups is 1. The van der Waals surface area contributed by atoms with E-state index in [1.165, 1.54) is 16.2 Å². The molecule has 120 valence electrons. The third kappa shape index (κ3) is 3.33. The lowest BCUT2D eigenvalue weighted by atomic mass is 9.88. The summed E-state index contributed by atoms with van der Waals surface area (Å²) in [6.07, 6.45) is 4.49. The molecule has 1 aliphatic carbocycles. The highest BCUT2D eigenvalue weighted by Gasteiger charge is 2.26. The summed E-state index contributed by atoms with van der Waals surface area (Å²) in [5, 5.41) is 10.5. The van der Waals surface area contributed by atoms with E-state index in [0.29, 0.717) is 22.0 Å². The third-order valence-electron chi connectivity index (χ3n) is 4.05. The van der Waals surface area contributed by atoms with Crippen molar-refractivity contribution in [3.8, 4) is 5.75 Å². The van der Waals surface area contributed by atoms with Crippen LogP contribution in [0.4, 0.5) is 5.00 Å². The summed E-state index contributed by atoms with van der Waals surface area (Å²) in [5.41, 5.74) is 7.78. The first kappa shape index (κ1) is 16.2. The number of rotatable bonds is 3. The van der Waals surface area contributed by atoms with E-state index in [1.807, 2.05) is 0 Å². The Hall–Kier alpha value is -1.66. The van der Waals surface area contributed by atoms with Crippen molar-refractivity contribution in [3.63, 3.8) is 0 Å². The van der Waals surface area contributed by atoms with E-state index in [4.69, 9.17) is 5.73 Å². The number of carbonyl (C=O) groups excluding carboxylic acids is 1. The summed E-state index contributed by atoms with van der Waals surface area (Å²) in [6.45, 7) is 2.22. The molecule has 0 aliphatic heterocycles. The summed E-state index contributed by atoms with van der Waals surface area (Å²) < 4.78 is 0.853. The Bertz CT molecular complexity index is 798. The Morgan fingerprint density at radius 3 is 3.04 bits per heavy atom. The van der Waals surface area contributed by atoms with Crippen LogP contribution >= 0.6 is 27.3 Å². The lowest BCUT2D eigenvalue weighted by Gasteiger charge is -2.18. The fourth-order valence-corrected chi connectivity index (χ4v) is 4.58. The molecule has 0 bridgehead atoms. The van der Waals surface area contributed by atoms with Gasteiger partial charge in [0, 0.05) is 21.1 Å². The van der Waals surface area contributed by atoms with Gasteiger partial charge in [-0.05, 0) is 48.9 Å². The number of nitrogens with two attached hydrogens (primary N) is 1. The normalized spacial score (nSPS) is 17.4. The van der Waals surface area contributed by atoms with Crippen molar-refractivity contribution in [1.29, 1.82) is 0 Å². The lowest BCUT2D eigenvalue weighted by Crippen LogP contribution is -2.16. The molecule has 3 rings (SSSR count). The highest BCUT2D eigenvalue weighted by Crippen LogP contribution is 2.41. The van der Waals surface area contributed by atoms with E-state index in [-0.39, 0.29) is 5.75 Å². The minimum absolute atomic E-state index is 0.146. The van der Waals surface area contributed by atoms with Gasteiger partial charge in [-0.1, -0.05) is 22.9 Å². The Morgan fingerprint density at radius 1 is 1.52 bits per heavy atom. The summed E-state index contributed by atoms with van der Waals surface area (Å²) in [6, 6.07) is 5.13. The van der Waals surface area contributed by atoms with Crippen molar-refractivity contribution < 1.29 is 9.90 Å². The van der Waals surface area contributed by atoms with Gasteiger partial charge in [-0.2, -0.15) is 0 Å². The van der Waals surface area contributed by atoms with Gasteiger partial charge in [0.25, 0.3) is 5.91 Å². The molecule has 6 heteroatoms. The maximum atomic E-state index is 11.9. The topological polar surface area (TPSA) is 75.7 Å². The first-order valence-corrected chi connectivity index (χ1v) is 9.03. The molecule has 0 radical (unpaired) electrons. The van der Waals surface area contributed by atoms with Crippen LogP contribution in [-0.2, 0) is 12.8 Å². The summed E-state index contributed by atoms with van der Waals surface area (Å²) >= 11 is 4.90. The van der Waals surface area contributed by atoms with E-state index in [1.54, 1.807) is 24.4 Å². The molecule has 23 heavy (non-hydrogen) atoms. The molecule has 3 N–H and O–H groups in total. The molecule has 4 nitrogen and oxygen atoms in total. The number of hydrogen-bond acceptors (Lipinski definition) is 4. The van der Waals surface area contributed by atoms with E-state index in [0.717, 1.165) is 29.3 Å². The predicted octanol–water partition coefficient (Wildman–Crippen LogP) is 4.19. The van der Waals surface area contributed by atoms with Crippen molar-refractivity contribution in [2.24, 2.45) is 16.6 Å². The first-order chi connectivity index (χ1) is 11.0. The Kier molecular flexibility index (Phi) is 4.55. The minimum Gasteiger partial charge on any atom is -0.507 e. The van der Waals surface area contributed by atoms with Crippen molar-refractivity contribution in [3.05, 3.63) is 44.2 Å². The fraction of sp³-hybridized carbons (Fsp3) is 0.294. The number of halogens is 1. The summed E-state index contributed by atoms with van der Waals surface area (Å²) in [7, 11) is 0. The van der Waals surface area contributed by atoms with Crippen molar-refractivity contribution in [2.45, 2.75) is 26.2 Å². The Labute approximate surface area is 147 Å². The van der Waals surface area contributed by atoms with Crippen molar-refractivity contribution in [1.82, 2.24) is 0 Å². The molecule has 1 amide bonds. The SMILES string of the molecule is CC1CCc2c(sc(/N=C/c3cc(Br)ccc3O)c2C(N)=O)C1. The number of phenols is 1. The number of hydrogen-bond donors (Lipinski definition) is 2. The second-order valence-corrected chi connectivity index (χ2v) is 7.86. The van der Waals surface area contributed by atoms with Gasteiger partial charge in [-0.3, -0.25) is 4.79 Å². The van der Waals surface area contributed by atoms with Gasteiger partial charge in [0.05, 0.1) is 5.56 Å². The quantitative estimate of drug-likeness (QED) is 0.768. The maximum absolute atomic E-state index is 11.9. The minimum atomic E-state index is -0.428. The van der Waals surface area contributed by atoms with Crippen LogP contribution in [0, 0.1) is 5.92 Å². The molecule has 0 saturated carbocycles. The van der Waals surface area contributed by atoms with Crippen LogP contribution in [-0.4, -0.2) is 17.2 Å². The van der Waals surface area contributed by atoms with Crippen LogP contribution in [0.15, 0.2) is 27.7 Å². The Balaban J connectivity index is 2.01. The Morgan fingerprint density at radius 2 is 2.30 bits per heavy atom. The zero-order valence-electron chi connectivity index (χ0n) is 12.7. The number of phenolic OH excluding ortho intramolecular Hbond substituents is 1. The number of fused-ring (bicyclic) bond motifs is 1. The molecular formula is C17H17BrN2O2S. The second kappa shape index (κ2) is 6.45. The van der Waals surface area contributed by atoms with Crippen molar-refractivity contribution >= 4 is 44.4 Å². The highest BCUT2D eigenvalue weighted by atomic mass is 79.9. The molecule has 1 heterocycles. The molecule has 1 aromatic heterocycles. The number of aliphatic imine (C=N–C) groups is 1. The zero-order valence-corrected chi connectivity index (χ0v) is 15.1. The monoisotopic (exact) mass is 392 g/mol. The number of amides is 1. The average Bonchev–Trinajstić information content (AvgIpc) is 2.85. The fourth-order valence-electron chi connectivity index (χ4n) is 2.84. The van der Waals surface area contributed by atoms with Gasteiger partial charge >= 0.3 is 0 Å². The standard InChI is InChI=1S/C17H17BrN2O2S/c1-9-2-4-12-14(6-9)23-17(15(12)16(19)22)20-8-10-7-11(18)3-5-13(10)21/h3,5,7-9,21H,2,4,6H2,1H3,(H2,19,22)/b20-8+. The second-order valence-electron chi connectivity index (χ2n) is 5.86. The number of thiophene rings is 1. The molecule has 1 atom stereocenters. The molecule has 1 unspecified atom stereocenters. The summed E-state index contributed by atoms with van der Waals surface area (Å²) in [4.78, 5) is 17.5. The molecule has 0 spiro atoms. The molecular weight excluding hydrogens is 376 g/mol. The lowest BCUT2D eigenvalue weighted by molar-refractivity contribution is 0.1000. The maximum Gasteiger partial charge on any atom is 0.252 e. The van der Waals surface area contributed by atoms with E-state index in [2.05, 4.69) is 27.8 Å². The van der Waals surface area contributed by atoms with Gasteiger partial charge in [0.15, 0.2) is 0 Å². The molecule has 1 aliphatic rings. The third-order valence-corrected chi connectivity index (χ3v) is 5.71. The molecule has 1 aromatic carbocycles.